The van der Waals surface area contributed by atoms with Gasteiger partial charge in [0.15, 0.2) is 0 Å². The molecule has 0 amide bonds. The predicted molar refractivity (Wildman–Crippen MR) is 239 cm³/mol. The second kappa shape index (κ2) is 24.6. The van der Waals surface area contributed by atoms with E-state index < -0.39 is 45.5 Å². The minimum Gasteiger partial charge on any atom is -0.481 e. The van der Waals surface area contributed by atoms with Crippen molar-refractivity contribution in [3.63, 3.8) is 0 Å². The fourth-order valence-electron chi connectivity index (χ4n) is 12.7. The molecule has 4 aromatic heterocycles. The molecule has 8 saturated carbocycles. The Balaban J connectivity index is 0.000000188. The zero-order chi connectivity index (χ0) is 45.8. The Kier molecular flexibility index (Phi) is 20.3. The van der Waals surface area contributed by atoms with Crippen molar-refractivity contribution in [2.45, 2.75) is 116 Å². The van der Waals surface area contributed by atoms with E-state index in [-0.39, 0.29) is 39.0 Å². The van der Waals surface area contributed by atoms with E-state index in [0.717, 1.165) is 45.6 Å². The van der Waals surface area contributed by atoms with Gasteiger partial charge in [0.25, 0.3) is 0 Å². The van der Waals surface area contributed by atoms with Crippen molar-refractivity contribution >= 4 is 23.9 Å². The van der Waals surface area contributed by atoms with Crippen molar-refractivity contribution < 1.29 is 83.7 Å². The zero-order valence-corrected chi connectivity index (χ0v) is 44.3. The van der Waals surface area contributed by atoms with Gasteiger partial charge in [-0.1, -0.05) is 0 Å². The number of carboxylic acid groups (broad SMARTS) is 4. The van der Waals surface area contributed by atoms with Gasteiger partial charge < -0.3 is 25.5 Å². The van der Waals surface area contributed by atoms with Crippen LogP contribution in [0.2, 0.25) is 0 Å². The SMILES string of the molecule is CO.O=C(O)C12CC3CC(C1)CC(C(=O)O)(C3)C2.O=C(O)C12CC3CC(C1)CC(C(=O)O)(C3)C2.[Zn].[Zn].c1cc(CCCc2ccncc2)ccn1.c1cc(CCCc2ccncc2)ccn1. The van der Waals surface area contributed by atoms with Gasteiger partial charge in [-0.2, -0.15) is 0 Å². The predicted octanol–water partition coefficient (Wildman–Crippen LogP) is 8.39. The third-order valence-electron chi connectivity index (χ3n) is 14.8. The molecule has 13 nitrogen and oxygen atoms in total. The van der Waals surface area contributed by atoms with Gasteiger partial charge in [-0.05, 0) is 210 Å². The Labute approximate surface area is 413 Å². The number of rotatable bonds is 12. The molecule has 0 unspecified atom stereocenters. The molecule has 15 heteroatoms. The van der Waals surface area contributed by atoms with Gasteiger partial charge in [0.1, 0.15) is 0 Å². The maximum atomic E-state index is 11.4. The molecule has 0 atom stereocenters. The second-order valence-corrected chi connectivity index (χ2v) is 19.4. The standard InChI is InChI=1S/2C13H14N2.2C12H16O4.CH4O.2Zn/c2*1(2-12-4-8-14-9-5-12)3-13-6-10-15-11-7-13;2*13-9(14)11-2-7-1-8(4-11)5-12(3-7,6-11)10(15)16;1-2;;/h2*4-11H,1-3H2;2*7-8H,1-6H2,(H,13,14)(H,15,16);2H,1H3;;. The molecule has 0 aliphatic heterocycles. The van der Waals surface area contributed by atoms with Crippen LogP contribution in [0.5, 0.6) is 0 Å². The summed E-state index contributed by atoms with van der Waals surface area (Å²) in [6, 6.07) is 16.6. The molecular weight excluding hydrogens is 943 g/mol. The Bertz CT molecular complexity index is 1830. The second-order valence-electron chi connectivity index (χ2n) is 19.4. The average Bonchev–Trinajstić information content (AvgIpc) is 3.28. The minimum absolute atomic E-state index is 0. The van der Waals surface area contributed by atoms with Gasteiger partial charge in [0.2, 0.25) is 0 Å². The van der Waals surface area contributed by atoms with Crippen LogP contribution in [0.1, 0.15) is 112 Å². The molecule has 8 fully saturated rings. The number of aliphatic hydroxyl groups is 1. The molecule has 346 valence electrons. The minimum atomic E-state index is -0.771. The van der Waals surface area contributed by atoms with E-state index in [1.807, 2.05) is 49.6 Å². The first kappa shape index (κ1) is 54.3. The topological polar surface area (TPSA) is 221 Å². The van der Waals surface area contributed by atoms with Gasteiger partial charge in [0.05, 0.1) is 21.7 Å². The fraction of sp³-hybridized carbons (Fsp3) is 0.529. The summed E-state index contributed by atoms with van der Waals surface area (Å²) >= 11 is 0. The number of carbonyl (C=O) groups is 4. The first-order valence-electron chi connectivity index (χ1n) is 22.8. The molecule has 8 bridgehead atoms. The summed E-state index contributed by atoms with van der Waals surface area (Å²) in [6.07, 6.45) is 30.0. The molecule has 8 aliphatic carbocycles. The summed E-state index contributed by atoms with van der Waals surface area (Å²) in [5, 5.41) is 44.5. The number of pyridine rings is 4. The molecule has 5 N–H and O–H groups in total. The van der Waals surface area contributed by atoms with E-state index in [2.05, 4.69) is 68.5 Å². The summed E-state index contributed by atoms with van der Waals surface area (Å²) in [6.45, 7) is 0. The molecule has 0 aromatic carbocycles. The number of aliphatic carboxylic acids is 4. The third-order valence-corrected chi connectivity index (χ3v) is 14.8. The van der Waals surface area contributed by atoms with Crippen molar-refractivity contribution in [2.75, 3.05) is 7.11 Å². The number of aromatic nitrogens is 4. The van der Waals surface area contributed by atoms with Crippen molar-refractivity contribution in [2.24, 2.45) is 45.3 Å². The molecule has 4 heterocycles. The van der Waals surface area contributed by atoms with E-state index in [4.69, 9.17) is 5.11 Å². The number of nitrogens with zero attached hydrogens (tertiary/aromatic N) is 4. The van der Waals surface area contributed by atoms with Crippen LogP contribution in [0, 0.1) is 45.3 Å². The van der Waals surface area contributed by atoms with Crippen LogP contribution < -0.4 is 0 Å². The molecule has 66 heavy (non-hydrogen) atoms. The van der Waals surface area contributed by atoms with Crippen LogP contribution >= 0.6 is 0 Å². The van der Waals surface area contributed by atoms with Crippen LogP contribution in [0.3, 0.4) is 0 Å². The van der Waals surface area contributed by atoms with Gasteiger partial charge >= 0.3 is 23.9 Å². The summed E-state index contributed by atoms with van der Waals surface area (Å²) in [5.74, 6) is -1.78. The van der Waals surface area contributed by atoms with Crippen molar-refractivity contribution in [3.8, 4) is 0 Å². The van der Waals surface area contributed by atoms with Crippen LogP contribution in [-0.4, -0.2) is 76.5 Å². The summed E-state index contributed by atoms with van der Waals surface area (Å²) in [7, 11) is 1.00. The van der Waals surface area contributed by atoms with Gasteiger partial charge in [0, 0.05) is 95.6 Å². The van der Waals surface area contributed by atoms with Gasteiger partial charge in [-0.3, -0.25) is 39.1 Å². The largest absolute Gasteiger partial charge is 0.481 e. The molecule has 0 spiro atoms. The van der Waals surface area contributed by atoms with Crippen LogP contribution in [0.25, 0.3) is 0 Å². The number of hydrogen-bond donors (Lipinski definition) is 5. The monoisotopic (exact) mass is 1000 g/mol. The summed E-state index contributed by atoms with van der Waals surface area (Å²) in [5.41, 5.74) is 2.56. The maximum Gasteiger partial charge on any atom is 0.309 e. The van der Waals surface area contributed by atoms with E-state index in [0.29, 0.717) is 87.9 Å². The first-order valence-corrected chi connectivity index (χ1v) is 22.8. The zero-order valence-electron chi connectivity index (χ0n) is 38.3. The van der Waals surface area contributed by atoms with Crippen LogP contribution in [0.4, 0.5) is 0 Å². The molecule has 4 aromatic rings. The Morgan fingerprint density at radius 1 is 0.409 bits per heavy atom. The average molecular weight is 1010 g/mol. The summed E-state index contributed by atoms with van der Waals surface area (Å²) in [4.78, 5) is 61.7. The van der Waals surface area contributed by atoms with Crippen LogP contribution in [0.15, 0.2) is 98.1 Å². The van der Waals surface area contributed by atoms with Crippen molar-refractivity contribution in [1.82, 2.24) is 19.9 Å². The van der Waals surface area contributed by atoms with E-state index in [9.17, 15) is 39.6 Å². The number of aryl methyl sites for hydroxylation is 4. The quantitative estimate of drug-likeness (QED) is 0.0843. The fourth-order valence-corrected chi connectivity index (χ4v) is 12.7. The van der Waals surface area contributed by atoms with E-state index in [1.54, 1.807) is 0 Å². The Morgan fingerprint density at radius 3 is 0.758 bits per heavy atom. The third kappa shape index (κ3) is 13.4. The molecule has 0 radical (unpaired) electrons. The Morgan fingerprint density at radius 2 is 0.591 bits per heavy atom. The number of carboxylic acids is 4. The first-order chi connectivity index (χ1) is 30.8. The number of aliphatic hydroxyl groups excluding tert-OH is 1. The number of hydrogen-bond acceptors (Lipinski definition) is 9. The molecular formula is C51H64N4O9Zn2. The van der Waals surface area contributed by atoms with Crippen molar-refractivity contribution in [1.29, 1.82) is 0 Å². The van der Waals surface area contributed by atoms with E-state index >= 15 is 0 Å². The van der Waals surface area contributed by atoms with Gasteiger partial charge in [-0.15, -0.1) is 0 Å². The molecule has 12 rings (SSSR count). The molecule has 0 saturated heterocycles. The van der Waals surface area contributed by atoms with Crippen molar-refractivity contribution in [3.05, 3.63) is 120 Å². The normalized spacial score (nSPS) is 28.6. The van der Waals surface area contributed by atoms with Gasteiger partial charge in [-0.25, -0.2) is 0 Å². The van der Waals surface area contributed by atoms with Crippen LogP contribution in [-0.2, 0) is 83.8 Å². The summed E-state index contributed by atoms with van der Waals surface area (Å²) < 4.78 is 0. The Hall–Kier alpha value is -4.31. The smallest absolute Gasteiger partial charge is 0.309 e. The molecule has 8 aliphatic rings. The maximum absolute atomic E-state index is 11.4. The van der Waals surface area contributed by atoms with E-state index in [1.165, 1.54) is 35.1 Å².